The highest BCUT2D eigenvalue weighted by Crippen LogP contribution is 2.10. The Morgan fingerprint density at radius 3 is 2.64 bits per heavy atom. The van der Waals surface area contributed by atoms with Gasteiger partial charge in [0, 0.05) is 13.2 Å². The number of likely N-dealkylation sites (N-methyl/N-ethyl adjacent to an activating group) is 1. The summed E-state index contributed by atoms with van der Waals surface area (Å²) in [5.74, 6) is 0.916. The zero-order chi connectivity index (χ0) is 10.4. The van der Waals surface area contributed by atoms with Gasteiger partial charge in [0.25, 0.3) is 0 Å². The third-order valence-electron chi connectivity index (χ3n) is 3.13. The van der Waals surface area contributed by atoms with Crippen LogP contribution in [0, 0.1) is 5.92 Å². The van der Waals surface area contributed by atoms with Gasteiger partial charge in [-0.15, -0.1) is 0 Å². The molecule has 3 nitrogen and oxygen atoms in total. The van der Waals surface area contributed by atoms with Crippen molar-refractivity contribution in [1.82, 2.24) is 10.2 Å². The first kappa shape index (κ1) is 12.0. The monoisotopic (exact) mass is 200 g/mol. The number of ether oxygens (including phenoxy) is 1. The van der Waals surface area contributed by atoms with Crippen LogP contribution in [0.2, 0.25) is 0 Å². The summed E-state index contributed by atoms with van der Waals surface area (Å²) in [6.07, 6.45) is 1.33. The molecular weight excluding hydrogens is 176 g/mol. The molecule has 0 aliphatic carbocycles. The Morgan fingerprint density at radius 1 is 1.50 bits per heavy atom. The summed E-state index contributed by atoms with van der Waals surface area (Å²) < 4.78 is 5.18. The molecule has 1 aliphatic rings. The summed E-state index contributed by atoms with van der Waals surface area (Å²) in [7, 11) is 1.78. The molecule has 14 heavy (non-hydrogen) atoms. The number of methoxy groups -OCH3 is 1. The predicted octanol–water partition coefficient (Wildman–Crippen LogP) is 0.953. The molecule has 0 amide bonds. The van der Waals surface area contributed by atoms with Crippen LogP contribution < -0.4 is 5.32 Å². The van der Waals surface area contributed by atoms with Gasteiger partial charge in [0.15, 0.2) is 0 Å². The predicted molar refractivity (Wildman–Crippen MR) is 59.6 cm³/mol. The molecule has 1 atom stereocenters. The van der Waals surface area contributed by atoms with Gasteiger partial charge >= 0.3 is 0 Å². The van der Waals surface area contributed by atoms with Crippen molar-refractivity contribution in [2.75, 3.05) is 39.9 Å². The second kappa shape index (κ2) is 6.38. The Bertz CT molecular complexity index is 148. The van der Waals surface area contributed by atoms with E-state index in [0.717, 1.165) is 19.1 Å². The molecule has 0 bridgehead atoms. The second-order valence-corrected chi connectivity index (χ2v) is 4.25. The highest BCUT2D eigenvalue weighted by Gasteiger charge is 2.19. The van der Waals surface area contributed by atoms with Crippen LogP contribution in [0.25, 0.3) is 0 Å². The van der Waals surface area contributed by atoms with Crippen molar-refractivity contribution in [3.05, 3.63) is 0 Å². The maximum atomic E-state index is 5.18. The van der Waals surface area contributed by atoms with E-state index in [1.165, 1.54) is 26.1 Å². The van der Waals surface area contributed by atoms with E-state index in [0.29, 0.717) is 6.04 Å². The minimum Gasteiger partial charge on any atom is -0.383 e. The summed E-state index contributed by atoms with van der Waals surface area (Å²) in [6.45, 7) is 10.1. The molecule has 1 heterocycles. The molecule has 0 radical (unpaired) electrons. The smallest absolute Gasteiger partial charge is 0.0615 e. The molecule has 0 spiro atoms. The lowest BCUT2D eigenvalue weighted by Crippen LogP contribution is -2.45. The standard InChI is InChI=1S/C11H24N2O/c1-4-13(10(2)9-14-3)6-5-11-7-12-8-11/h10-12H,4-9H2,1-3H3. The van der Waals surface area contributed by atoms with Gasteiger partial charge in [-0.2, -0.15) is 0 Å². The molecule has 0 aromatic heterocycles. The van der Waals surface area contributed by atoms with Crippen molar-refractivity contribution >= 4 is 0 Å². The van der Waals surface area contributed by atoms with E-state index >= 15 is 0 Å². The van der Waals surface area contributed by atoms with Gasteiger partial charge < -0.3 is 10.1 Å². The maximum absolute atomic E-state index is 5.18. The average Bonchev–Trinajstić information content (AvgIpc) is 2.09. The van der Waals surface area contributed by atoms with Crippen LogP contribution in [0.1, 0.15) is 20.3 Å². The second-order valence-electron chi connectivity index (χ2n) is 4.25. The third-order valence-corrected chi connectivity index (χ3v) is 3.13. The van der Waals surface area contributed by atoms with E-state index in [1.807, 2.05) is 0 Å². The van der Waals surface area contributed by atoms with Gasteiger partial charge in [0.2, 0.25) is 0 Å². The Labute approximate surface area is 87.8 Å². The maximum Gasteiger partial charge on any atom is 0.0615 e. The van der Waals surface area contributed by atoms with Crippen molar-refractivity contribution < 1.29 is 4.74 Å². The van der Waals surface area contributed by atoms with Crippen LogP contribution in [0.3, 0.4) is 0 Å². The van der Waals surface area contributed by atoms with Gasteiger partial charge in [0.05, 0.1) is 6.61 Å². The third kappa shape index (κ3) is 3.56. The molecule has 3 heteroatoms. The van der Waals surface area contributed by atoms with Crippen molar-refractivity contribution in [2.45, 2.75) is 26.3 Å². The highest BCUT2D eigenvalue weighted by atomic mass is 16.5. The minimum absolute atomic E-state index is 0.554. The molecular formula is C11H24N2O. The van der Waals surface area contributed by atoms with Crippen LogP contribution in [-0.4, -0.2) is 50.8 Å². The van der Waals surface area contributed by atoms with Crippen molar-refractivity contribution in [3.63, 3.8) is 0 Å². The largest absolute Gasteiger partial charge is 0.383 e. The molecule has 1 fully saturated rings. The number of rotatable bonds is 7. The lowest BCUT2D eigenvalue weighted by atomic mass is 9.99. The van der Waals surface area contributed by atoms with Gasteiger partial charge in [-0.3, -0.25) is 4.90 Å². The summed E-state index contributed by atoms with van der Waals surface area (Å²) in [4.78, 5) is 2.50. The van der Waals surface area contributed by atoms with E-state index in [2.05, 4.69) is 24.1 Å². The lowest BCUT2D eigenvalue weighted by molar-refractivity contribution is 0.0959. The van der Waals surface area contributed by atoms with Crippen LogP contribution in [0.4, 0.5) is 0 Å². The zero-order valence-corrected chi connectivity index (χ0v) is 9.75. The first-order valence-corrected chi connectivity index (χ1v) is 5.71. The number of hydrogen-bond donors (Lipinski definition) is 1. The van der Waals surface area contributed by atoms with Crippen molar-refractivity contribution in [1.29, 1.82) is 0 Å². The van der Waals surface area contributed by atoms with Gasteiger partial charge in [-0.25, -0.2) is 0 Å². The van der Waals surface area contributed by atoms with E-state index in [1.54, 1.807) is 7.11 Å². The fourth-order valence-corrected chi connectivity index (χ4v) is 1.94. The van der Waals surface area contributed by atoms with Gasteiger partial charge in [-0.1, -0.05) is 6.92 Å². The topological polar surface area (TPSA) is 24.5 Å². The van der Waals surface area contributed by atoms with Gasteiger partial charge in [0.1, 0.15) is 0 Å². The summed E-state index contributed by atoms with van der Waals surface area (Å²) >= 11 is 0. The quantitative estimate of drug-likeness (QED) is 0.662. The Morgan fingerprint density at radius 2 is 2.21 bits per heavy atom. The molecule has 1 rings (SSSR count). The first-order valence-electron chi connectivity index (χ1n) is 5.71. The van der Waals surface area contributed by atoms with E-state index in [4.69, 9.17) is 4.74 Å². The van der Waals surface area contributed by atoms with E-state index in [9.17, 15) is 0 Å². The molecule has 1 saturated heterocycles. The van der Waals surface area contributed by atoms with Crippen LogP contribution in [0.5, 0.6) is 0 Å². The van der Waals surface area contributed by atoms with E-state index in [-0.39, 0.29) is 0 Å². The van der Waals surface area contributed by atoms with Crippen LogP contribution in [-0.2, 0) is 4.74 Å². The molecule has 0 saturated carbocycles. The highest BCUT2D eigenvalue weighted by molar-refractivity contribution is 4.76. The Balaban J connectivity index is 2.15. The summed E-state index contributed by atoms with van der Waals surface area (Å²) in [5.41, 5.74) is 0. The molecule has 84 valence electrons. The van der Waals surface area contributed by atoms with Gasteiger partial charge in [-0.05, 0) is 45.4 Å². The number of hydrogen-bond acceptors (Lipinski definition) is 3. The molecule has 1 unspecified atom stereocenters. The number of nitrogens with zero attached hydrogens (tertiary/aromatic N) is 1. The van der Waals surface area contributed by atoms with E-state index < -0.39 is 0 Å². The zero-order valence-electron chi connectivity index (χ0n) is 9.75. The molecule has 0 aromatic carbocycles. The summed E-state index contributed by atoms with van der Waals surface area (Å²) in [5, 5.41) is 3.31. The van der Waals surface area contributed by atoms with Crippen LogP contribution in [0.15, 0.2) is 0 Å². The molecule has 1 N–H and O–H groups in total. The lowest BCUT2D eigenvalue weighted by Gasteiger charge is -2.32. The van der Waals surface area contributed by atoms with Crippen molar-refractivity contribution in [3.8, 4) is 0 Å². The van der Waals surface area contributed by atoms with Crippen molar-refractivity contribution in [2.24, 2.45) is 5.92 Å². The Kier molecular flexibility index (Phi) is 5.45. The first-order chi connectivity index (χ1) is 6.77. The average molecular weight is 200 g/mol. The fraction of sp³-hybridized carbons (Fsp3) is 1.00. The normalized spacial score (nSPS) is 19.7. The minimum atomic E-state index is 0.554. The number of nitrogens with one attached hydrogen (secondary N) is 1. The Hall–Kier alpha value is -0.120. The fourth-order valence-electron chi connectivity index (χ4n) is 1.94. The van der Waals surface area contributed by atoms with Crippen LogP contribution >= 0.6 is 0 Å². The molecule has 0 aromatic rings. The molecule has 1 aliphatic heterocycles. The SMILES string of the molecule is CCN(CCC1CNC1)C(C)COC. The summed E-state index contributed by atoms with van der Waals surface area (Å²) in [6, 6.07) is 0.554.